The summed E-state index contributed by atoms with van der Waals surface area (Å²) in [5, 5.41) is 11.3. The molecule has 1 aromatic carbocycles. The maximum atomic E-state index is 12.1. The van der Waals surface area contributed by atoms with E-state index >= 15 is 0 Å². The van der Waals surface area contributed by atoms with Crippen LogP contribution in [0.2, 0.25) is 0 Å². The molecule has 0 radical (unpaired) electrons. The third kappa shape index (κ3) is 3.21. The Morgan fingerprint density at radius 1 is 1.42 bits per heavy atom. The molecule has 1 aromatic heterocycles. The molecule has 3 rings (SSSR count). The number of aryl methyl sites for hydroxylation is 1. The third-order valence-electron chi connectivity index (χ3n) is 3.29. The van der Waals surface area contributed by atoms with E-state index in [1.54, 1.807) is 18.4 Å². The molecule has 0 bridgehead atoms. The number of hydrogen-bond acceptors (Lipinski definition) is 8. The monoisotopic (exact) mass is 344 g/mol. The second kappa shape index (κ2) is 6.68. The fourth-order valence-corrected chi connectivity index (χ4v) is 2.96. The second-order valence-corrected chi connectivity index (χ2v) is 5.89. The molecule has 2 aromatic rings. The number of ether oxygens (including phenoxy) is 3. The van der Waals surface area contributed by atoms with Crippen LogP contribution in [0.1, 0.15) is 27.0 Å². The van der Waals surface area contributed by atoms with Crippen molar-refractivity contribution >= 4 is 23.1 Å². The first-order chi connectivity index (χ1) is 11.6. The van der Waals surface area contributed by atoms with Gasteiger partial charge in [-0.1, -0.05) is 0 Å². The Labute approximate surface area is 141 Å². The Kier molecular flexibility index (Phi) is 4.44. The van der Waals surface area contributed by atoms with E-state index in [4.69, 9.17) is 14.2 Å². The third-order valence-corrected chi connectivity index (χ3v) is 4.32. The zero-order valence-electron chi connectivity index (χ0n) is 12.6. The molecule has 0 spiro atoms. The van der Waals surface area contributed by atoms with Crippen LogP contribution in [-0.2, 0) is 9.53 Å². The SMILES string of the molecule is Cc1csc([C@@H](C#N)C(=O)COC(=O)c2ccc3c(c2)OCO3)n1. The quantitative estimate of drug-likeness (QED) is 0.767. The lowest BCUT2D eigenvalue weighted by Gasteiger charge is -2.07. The first-order valence-electron chi connectivity index (χ1n) is 6.99. The van der Waals surface area contributed by atoms with Gasteiger partial charge < -0.3 is 14.2 Å². The second-order valence-electron chi connectivity index (χ2n) is 5.00. The molecular formula is C16H12N2O5S. The first-order valence-corrected chi connectivity index (χ1v) is 7.87. The van der Waals surface area contributed by atoms with Crippen molar-refractivity contribution in [2.24, 2.45) is 0 Å². The number of carbonyl (C=O) groups is 2. The summed E-state index contributed by atoms with van der Waals surface area (Å²) in [6, 6.07) is 6.50. The standard InChI is InChI=1S/C16H12N2O5S/c1-9-7-24-15(18-9)11(5-17)12(19)6-21-16(20)10-2-3-13-14(4-10)23-8-22-13/h2-4,7,11H,6,8H2,1H3/t11-/m0/s1. The molecule has 7 nitrogen and oxygen atoms in total. The van der Waals surface area contributed by atoms with Gasteiger partial charge in [-0.05, 0) is 25.1 Å². The number of ketones is 1. The summed E-state index contributed by atoms with van der Waals surface area (Å²) in [4.78, 5) is 28.3. The van der Waals surface area contributed by atoms with Crippen LogP contribution in [0.15, 0.2) is 23.6 Å². The molecule has 0 amide bonds. The smallest absolute Gasteiger partial charge is 0.338 e. The number of nitriles is 1. The van der Waals surface area contributed by atoms with E-state index in [0.717, 1.165) is 5.69 Å². The predicted molar refractivity (Wildman–Crippen MR) is 83.1 cm³/mol. The van der Waals surface area contributed by atoms with Crippen molar-refractivity contribution in [2.45, 2.75) is 12.8 Å². The van der Waals surface area contributed by atoms with Crippen LogP contribution < -0.4 is 9.47 Å². The molecule has 0 saturated carbocycles. The molecule has 0 saturated heterocycles. The number of esters is 1. The minimum atomic E-state index is -1.03. The van der Waals surface area contributed by atoms with Crippen molar-refractivity contribution in [3.63, 3.8) is 0 Å². The zero-order chi connectivity index (χ0) is 17.1. The summed E-state index contributed by atoms with van der Waals surface area (Å²) in [6.45, 7) is 1.38. The van der Waals surface area contributed by atoms with E-state index in [2.05, 4.69) is 4.98 Å². The highest BCUT2D eigenvalue weighted by molar-refractivity contribution is 7.09. The number of hydrogen-bond donors (Lipinski definition) is 0. The molecule has 122 valence electrons. The number of fused-ring (bicyclic) bond motifs is 1. The predicted octanol–water partition coefficient (Wildman–Crippen LogP) is 2.21. The number of rotatable bonds is 5. The molecule has 0 N–H and O–H groups in total. The van der Waals surface area contributed by atoms with Crippen LogP contribution in [0.5, 0.6) is 11.5 Å². The topological polar surface area (TPSA) is 98.5 Å². The average Bonchev–Trinajstić information content (AvgIpc) is 3.21. The van der Waals surface area contributed by atoms with E-state index in [0.29, 0.717) is 16.5 Å². The molecule has 24 heavy (non-hydrogen) atoms. The normalized spacial score (nSPS) is 13.2. The maximum absolute atomic E-state index is 12.1. The van der Waals surface area contributed by atoms with E-state index < -0.39 is 24.3 Å². The highest BCUT2D eigenvalue weighted by Gasteiger charge is 2.25. The fraction of sp³-hybridized carbons (Fsp3) is 0.250. The minimum Gasteiger partial charge on any atom is -0.454 e. The van der Waals surface area contributed by atoms with Crippen LogP contribution in [0.25, 0.3) is 0 Å². The molecule has 1 aliphatic rings. The Balaban J connectivity index is 1.63. The van der Waals surface area contributed by atoms with Crippen LogP contribution in [0.4, 0.5) is 0 Å². The Morgan fingerprint density at radius 2 is 2.21 bits per heavy atom. The van der Waals surface area contributed by atoms with E-state index in [1.807, 2.05) is 6.07 Å². The van der Waals surface area contributed by atoms with Gasteiger partial charge in [0.2, 0.25) is 6.79 Å². The number of benzene rings is 1. The lowest BCUT2D eigenvalue weighted by Crippen LogP contribution is -2.19. The molecule has 1 atom stereocenters. The summed E-state index contributed by atoms with van der Waals surface area (Å²) >= 11 is 1.23. The average molecular weight is 344 g/mol. The Bertz CT molecular complexity index is 839. The van der Waals surface area contributed by atoms with Crippen LogP contribution in [-0.4, -0.2) is 30.1 Å². The van der Waals surface area contributed by atoms with Gasteiger partial charge in [0.25, 0.3) is 0 Å². The largest absolute Gasteiger partial charge is 0.454 e. The summed E-state index contributed by atoms with van der Waals surface area (Å²) in [6.07, 6.45) is 0. The van der Waals surface area contributed by atoms with Crippen LogP contribution >= 0.6 is 11.3 Å². The van der Waals surface area contributed by atoms with Crippen molar-refractivity contribution in [1.82, 2.24) is 4.98 Å². The fourth-order valence-electron chi connectivity index (χ4n) is 2.10. The van der Waals surface area contributed by atoms with Crippen molar-refractivity contribution in [2.75, 3.05) is 13.4 Å². The Hall–Kier alpha value is -2.92. The molecular weight excluding hydrogens is 332 g/mol. The lowest BCUT2D eigenvalue weighted by molar-refractivity contribution is -0.122. The van der Waals surface area contributed by atoms with Gasteiger partial charge in [-0.2, -0.15) is 5.26 Å². The van der Waals surface area contributed by atoms with Gasteiger partial charge in [-0.3, -0.25) is 4.79 Å². The zero-order valence-corrected chi connectivity index (χ0v) is 13.5. The van der Waals surface area contributed by atoms with Crippen molar-refractivity contribution < 1.29 is 23.8 Å². The highest BCUT2D eigenvalue weighted by Crippen LogP contribution is 2.32. The van der Waals surface area contributed by atoms with Crippen molar-refractivity contribution in [3.8, 4) is 17.6 Å². The van der Waals surface area contributed by atoms with Gasteiger partial charge in [-0.15, -0.1) is 11.3 Å². The van der Waals surface area contributed by atoms with Gasteiger partial charge in [0.1, 0.15) is 5.01 Å². The number of Topliss-reactive ketones (excluding diaryl/α,β-unsaturated/α-hetero) is 1. The Morgan fingerprint density at radius 3 is 2.92 bits per heavy atom. The van der Waals surface area contributed by atoms with Gasteiger partial charge in [0.05, 0.1) is 11.6 Å². The van der Waals surface area contributed by atoms with Gasteiger partial charge >= 0.3 is 5.97 Å². The number of aromatic nitrogens is 1. The van der Waals surface area contributed by atoms with E-state index in [-0.39, 0.29) is 12.4 Å². The van der Waals surface area contributed by atoms with Crippen molar-refractivity contribution in [3.05, 3.63) is 39.8 Å². The summed E-state index contributed by atoms with van der Waals surface area (Å²) in [7, 11) is 0. The van der Waals surface area contributed by atoms with Crippen LogP contribution in [0, 0.1) is 18.3 Å². The minimum absolute atomic E-state index is 0.101. The molecule has 2 heterocycles. The van der Waals surface area contributed by atoms with Gasteiger partial charge in [0.15, 0.2) is 29.8 Å². The van der Waals surface area contributed by atoms with E-state index in [1.165, 1.54) is 23.5 Å². The molecule has 8 heteroatoms. The molecule has 0 unspecified atom stereocenters. The number of nitrogens with zero attached hydrogens (tertiary/aromatic N) is 2. The van der Waals surface area contributed by atoms with Crippen molar-refractivity contribution in [1.29, 1.82) is 5.26 Å². The highest BCUT2D eigenvalue weighted by atomic mass is 32.1. The molecule has 0 fully saturated rings. The summed E-state index contributed by atoms with van der Waals surface area (Å²) in [5.74, 6) is -1.22. The van der Waals surface area contributed by atoms with Gasteiger partial charge in [0, 0.05) is 11.1 Å². The summed E-state index contributed by atoms with van der Waals surface area (Å²) < 4.78 is 15.3. The lowest BCUT2D eigenvalue weighted by atomic mass is 10.1. The number of thiazole rings is 1. The number of carbonyl (C=O) groups excluding carboxylic acids is 2. The summed E-state index contributed by atoms with van der Waals surface area (Å²) in [5.41, 5.74) is 0.978. The van der Waals surface area contributed by atoms with E-state index in [9.17, 15) is 14.9 Å². The van der Waals surface area contributed by atoms with Crippen LogP contribution in [0.3, 0.4) is 0 Å². The maximum Gasteiger partial charge on any atom is 0.338 e. The molecule has 1 aliphatic heterocycles. The first kappa shape index (κ1) is 16.0. The molecule has 0 aliphatic carbocycles. The van der Waals surface area contributed by atoms with Gasteiger partial charge in [-0.25, -0.2) is 9.78 Å².